The van der Waals surface area contributed by atoms with E-state index in [0.29, 0.717) is 67.8 Å². The number of phenols is 2. The Morgan fingerprint density at radius 1 is 0.366 bits per heavy atom. The first kappa shape index (κ1) is 81.2. The van der Waals surface area contributed by atoms with Crippen molar-refractivity contribution in [3.63, 3.8) is 0 Å². The first-order valence-electron chi connectivity index (χ1n) is 37.2. The molecular weight excluding hydrogens is 1600 g/mol. The number of phenolic OH excluding ortho intramolecular Hbond substituents is 2. The minimum absolute atomic E-state index is 0.146. The van der Waals surface area contributed by atoms with Crippen molar-refractivity contribution >= 4 is 106 Å². The van der Waals surface area contributed by atoms with Crippen LogP contribution in [0, 0.1) is 0 Å². The molecule has 0 saturated carbocycles. The van der Waals surface area contributed by atoms with E-state index in [0.717, 1.165) is 99.6 Å². The lowest BCUT2D eigenvalue weighted by Gasteiger charge is -2.25. The highest BCUT2D eigenvalue weighted by Crippen LogP contribution is 2.48. The lowest BCUT2D eigenvalue weighted by Crippen LogP contribution is -2.27. The predicted molar refractivity (Wildman–Crippen MR) is 469 cm³/mol. The van der Waals surface area contributed by atoms with Crippen LogP contribution in [0.4, 0.5) is 9.59 Å². The molecule has 4 N–H and O–H groups in total. The van der Waals surface area contributed by atoms with Crippen molar-refractivity contribution in [1.29, 1.82) is 0 Å². The number of aromatic hydroxyl groups is 2. The Labute approximate surface area is 680 Å². The number of carbonyl (C=O) groups excluding carboxylic acids is 2. The summed E-state index contributed by atoms with van der Waals surface area (Å²) < 4.78 is 27.3. The molecule has 0 bridgehead atoms. The molecule has 14 aromatic rings. The fourth-order valence-corrected chi connectivity index (χ4v) is 13.5. The van der Waals surface area contributed by atoms with E-state index < -0.39 is 23.4 Å². The minimum Gasteiger partial charge on any atom is -0.507 e. The molecule has 16 nitrogen and oxygen atoms in total. The number of pyridine rings is 4. The van der Waals surface area contributed by atoms with Gasteiger partial charge in [0.25, 0.3) is 0 Å². The largest absolute Gasteiger partial charge is 0.507 e. The zero-order chi connectivity index (χ0) is 81.1. The lowest BCUT2D eigenvalue weighted by atomic mass is 9.83. The van der Waals surface area contributed by atoms with Gasteiger partial charge in [-0.25, -0.2) is 29.5 Å². The number of carbonyl (C=O) groups is 2. The minimum atomic E-state index is -0.677. The second kappa shape index (κ2) is 31.4. The second-order valence-electron chi connectivity index (χ2n) is 34.2. The summed E-state index contributed by atoms with van der Waals surface area (Å²) in [6.45, 7) is 37.1. The zero-order valence-electron chi connectivity index (χ0n) is 67.2. The molecule has 0 unspecified atom stereocenters. The molecule has 0 atom stereocenters. The Bertz CT molecular complexity index is 5520. The van der Waals surface area contributed by atoms with Gasteiger partial charge in [-0.1, -0.05) is 132 Å². The van der Waals surface area contributed by atoms with E-state index in [1.165, 1.54) is 9.13 Å². The maximum absolute atomic E-state index is 13.5. The Morgan fingerprint density at radius 2 is 0.625 bits per heavy atom. The highest BCUT2D eigenvalue weighted by Gasteiger charge is 2.31. The van der Waals surface area contributed by atoms with Crippen LogP contribution < -0.4 is 9.47 Å². The fraction of sp³-hybridized carbons (Fsp3) is 0.283. The van der Waals surface area contributed by atoms with Crippen LogP contribution in [0.15, 0.2) is 195 Å². The molecule has 0 saturated heterocycles. The Balaban J connectivity index is 0.000000206. The highest BCUT2D eigenvalue weighted by molar-refractivity contribution is 9.69. The number of halogens is 3. The van der Waals surface area contributed by atoms with E-state index in [9.17, 15) is 19.8 Å². The van der Waals surface area contributed by atoms with Gasteiger partial charge in [0.2, 0.25) is 0 Å². The van der Waals surface area contributed by atoms with Crippen molar-refractivity contribution < 1.29 is 38.7 Å². The average molecular weight is 1690 g/mol. The lowest BCUT2D eigenvalue weighted by molar-refractivity contribution is 0.0528. The number of H-pyrrole nitrogens is 2. The van der Waals surface area contributed by atoms with Gasteiger partial charge in [-0.3, -0.25) is 9.13 Å². The average Bonchev–Trinajstić information content (AvgIpc) is 0.919. The number of methoxy groups -OCH3 is 2. The van der Waals surface area contributed by atoms with Crippen molar-refractivity contribution in [1.82, 2.24) is 39.0 Å². The number of benzene rings is 6. The molecule has 6 aromatic carbocycles. The number of ether oxygens (including phenoxy) is 4. The molecule has 0 fully saturated rings. The molecule has 0 aliphatic heterocycles. The SMILES string of the molecule is BrB(Br)Br.CC(C)(C)c1cc(-c2ccc3ccc4ccc(-c5cc(C(C)(C)C)cc(-c6ccc[nH]6)c5O)nc4c3n2)c(O)c(-c2ccc[nH]2)c1.COc1c(-c2ccc3ccc4ccc(-c5cc(C(C)(C)C)cc(-c6cccn6C(=O)OC(C)(C)C)c5OC)nc4c3n2)cc(C(C)(C)C)cc1-c1cccn1C(=O)OC(C)(C)C. The van der Waals surface area contributed by atoms with E-state index >= 15 is 0 Å². The number of aromatic nitrogens is 8. The quantitative estimate of drug-likeness (QED) is 0.0746. The smallest absolute Gasteiger partial charge is 0.418 e. The summed E-state index contributed by atoms with van der Waals surface area (Å²) >= 11 is 9.31. The van der Waals surface area contributed by atoms with Gasteiger partial charge in [-0.05, 0) is 207 Å². The van der Waals surface area contributed by atoms with Crippen LogP contribution in [0.3, 0.4) is 0 Å². The van der Waals surface area contributed by atoms with Gasteiger partial charge < -0.3 is 39.1 Å². The third-order valence-corrected chi connectivity index (χ3v) is 19.4. The van der Waals surface area contributed by atoms with E-state index in [-0.39, 0.29) is 36.3 Å². The number of hydrogen-bond acceptors (Lipinski definition) is 12. The molecule has 14 rings (SSSR count). The van der Waals surface area contributed by atoms with Gasteiger partial charge in [0.15, 0.2) is 0 Å². The topological polar surface area (TPSA) is 205 Å². The van der Waals surface area contributed by atoms with Gasteiger partial charge in [-0.2, -0.15) is 0 Å². The third kappa shape index (κ3) is 17.5. The Morgan fingerprint density at radius 3 is 0.884 bits per heavy atom. The number of nitrogens with zero attached hydrogens (tertiary/aromatic N) is 6. The molecule has 112 heavy (non-hydrogen) atoms. The summed E-state index contributed by atoms with van der Waals surface area (Å²) in [5.41, 5.74) is 16.5. The maximum atomic E-state index is 13.5. The van der Waals surface area contributed by atoms with Crippen LogP contribution in [-0.4, -0.2) is 90.0 Å². The standard InChI is InChI=1S/C52H58N4O6.C40H38N4O2.BBr3/c1-49(2,3)33-27-35(45(59-13)37(29-33)41-17-15-25-55(41)47(57)61-51(7,8)9)39-23-21-31-19-20-32-22-24-40(54-44(32)43(31)53-39)36-28-34(50(4,5)6)30-38(46(36)60-14)42-18-16-26-56(42)48(58)62-52(10,11)12;1-39(2,3)25-19-27(31-9-7-17-41-31)37(45)29(21-25)33-15-13-23-11-12-24-14-16-34(44-36(24)35(23)43-33)30-22-26(40(4,5)6)20-28(38(30)46)32-10-8-18-42-32;2-1(3)4/h15-30H,1-14H3;7-22,41-42,45-46H,1-6H3;. The number of fused-ring (bicyclic) bond motifs is 6. The summed E-state index contributed by atoms with van der Waals surface area (Å²) in [5.74, 6) is 1.51. The molecule has 0 radical (unpaired) electrons. The van der Waals surface area contributed by atoms with Crippen molar-refractivity contribution in [3.05, 3.63) is 217 Å². The number of nitrogens with one attached hydrogen (secondary N) is 2. The highest BCUT2D eigenvalue weighted by atomic mass is 79.9. The van der Waals surface area contributed by atoms with Crippen LogP contribution in [0.2, 0.25) is 0 Å². The molecule has 20 heteroatoms. The van der Waals surface area contributed by atoms with E-state index in [1.807, 2.05) is 163 Å². The Kier molecular flexibility index (Phi) is 22.7. The van der Waals surface area contributed by atoms with Gasteiger partial charge in [0.1, 0.15) is 34.2 Å². The molecule has 0 aliphatic carbocycles. The summed E-state index contributed by atoms with van der Waals surface area (Å²) in [7, 11) is 3.28. The summed E-state index contributed by atoms with van der Waals surface area (Å²) in [5, 5.41) is 26.9. The molecule has 0 amide bonds. The third-order valence-electron chi connectivity index (χ3n) is 19.4. The summed E-state index contributed by atoms with van der Waals surface area (Å²) in [4.78, 5) is 54.5. The Hall–Kier alpha value is -10.3. The van der Waals surface area contributed by atoms with Crippen molar-refractivity contribution in [2.75, 3.05) is 14.2 Å². The van der Waals surface area contributed by atoms with E-state index in [4.69, 9.17) is 38.9 Å². The van der Waals surface area contributed by atoms with Crippen LogP contribution in [0.1, 0.15) is 147 Å². The van der Waals surface area contributed by atoms with Crippen molar-refractivity contribution in [2.24, 2.45) is 0 Å². The van der Waals surface area contributed by atoms with Crippen LogP contribution in [0.5, 0.6) is 23.0 Å². The predicted octanol–water partition coefficient (Wildman–Crippen LogP) is 25.5. The molecule has 0 spiro atoms. The number of hydrogen-bond donors (Lipinski definition) is 4. The number of aromatic amines is 2. The summed E-state index contributed by atoms with van der Waals surface area (Å²) in [6, 6.07) is 56.1. The first-order valence-corrected chi connectivity index (χ1v) is 40.0. The van der Waals surface area contributed by atoms with Crippen LogP contribution in [-0.2, 0) is 31.1 Å². The normalized spacial score (nSPS) is 12.2. The van der Waals surface area contributed by atoms with Crippen molar-refractivity contribution in [3.8, 4) is 113 Å². The fourth-order valence-electron chi connectivity index (χ4n) is 13.5. The molecule has 8 aromatic heterocycles. The van der Waals surface area contributed by atoms with Crippen LogP contribution in [0.25, 0.3) is 134 Å². The van der Waals surface area contributed by atoms with Gasteiger partial charge in [0, 0.05) is 102 Å². The summed E-state index contributed by atoms with van der Waals surface area (Å²) in [6.07, 6.45) is 6.19. The van der Waals surface area contributed by atoms with Gasteiger partial charge in [-0.15, -0.1) is 47.3 Å². The van der Waals surface area contributed by atoms with Gasteiger partial charge >= 0.3 is 15.4 Å². The molecular formula is C92H96BBr3N8O8. The molecule has 576 valence electrons. The first-order chi connectivity index (χ1) is 52.6. The van der Waals surface area contributed by atoms with E-state index in [2.05, 4.69) is 201 Å². The van der Waals surface area contributed by atoms with Gasteiger partial charge in [0.05, 0.1) is 70.4 Å². The zero-order valence-corrected chi connectivity index (χ0v) is 72.0. The van der Waals surface area contributed by atoms with Crippen molar-refractivity contribution in [2.45, 2.75) is 157 Å². The molecule has 8 heterocycles. The second-order valence-corrected chi connectivity index (χ2v) is 40.6. The maximum Gasteiger partial charge on any atom is 0.418 e. The number of rotatable bonds is 10. The monoisotopic (exact) mass is 1690 g/mol. The van der Waals surface area contributed by atoms with E-state index in [1.54, 1.807) is 26.6 Å². The molecule has 0 aliphatic rings. The van der Waals surface area contributed by atoms with Crippen LogP contribution >= 0.6 is 47.3 Å².